The third kappa shape index (κ3) is 2.90. The molecule has 2 nitrogen and oxygen atoms in total. The van der Waals surface area contributed by atoms with E-state index in [-0.39, 0.29) is 17.6 Å². The SMILES string of the molecule is COc1ccc(C(C)Nc2cccc(F)c2C)cc1F. The molecule has 0 spiro atoms. The van der Waals surface area contributed by atoms with Gasteiger partial charge in [-0.2, -0.15) is 0 Å². The van der Waals surface area contributed by atoms with Gasteiger partial charge in [-0.25, -0.2) is 8.78 Å². The second-order valence-electron chi connectivity index (χ2n) is 4.67. The molecule has 0 radical (unpaired) electrons. The van der Waals surface area contributed by atoms with Crippen LogP contribution in [0.5, 0.6) is 5.75 Å². The van der Waals surface area contributed by atoms with Gasteiger partial charge < -0.3 is 10.1 Å². The molecule has 1 unspecified atom stereocenters. The van der Waals surface area contributed by atoms with Crippen LogP contribution in [0.15, 0.2) is 36.4 Å². The third-order valence-electron chi connectivity index (χ3n) is 3.32. The average Bonchev–Trinajstić information content (AvgIpc) is 2.43. The number of nitrogens with one attached hydrogen (secondary N) is 1. The maximum absolute atomic E-state index is 13.7. The van der Waals surface area contributed by atoms with Crippen LogP contribution in [0.4, 0.5) is 14.5 Å². The number of benzene rings is 2. The molecule has 2 aromatic rings. The van der Waals surface area contributed by atoms with Crippen LogP contribution in [0.3, 0.4) is 0 Å². The van der Waals surface area contributed by atoms with Crippen molar-refractivity contribution in [2.75, 3.05) is 12.4 Å². The van der Waals surface area contributed by atoms with E-state index in [2.05, 4.69) is 5.32 Å². The van der Waals surface area contributed by atoms with Crippen molar-refractivity contribution in [3.63, 3.8) is 0 Å². The molecule has 0 fully saturated rings. The lowest BCUT2D eigenvalue weighted by Crippen LogP contribution is -2.08. The molecule has 0 aliphatic carbocycles. The summed E-state index contributed by atoms with van der Waals surface area (Å²) in [4.78, 5) is 0. The first kappa shape index (κ1) is 14.3. The lowest BCUT2D eigenvalue weighted by atomic mass is 10.1. The van der Waals surface area contributed by atoms with Crippen LogP contribution in [-0.2, 0) is 0 Å². The van der Waals surface area contributed by atoms with Gasteiger partial charge in [0.05, 0.1) is 7.11 Å². The van der Waals surface area contributed by atoms with Gasteiger partial charge in [-0.15, -0.1) is 0 Å². The Bertz CT molecular complexity index is 613. The Labute approximate surface area is 117 Å². The number of hydrogen-bond acceptors (Lipinski definition) is 2. The summed E-state index contributed by atoms with van der Waals surface area (Å²) < 4.78 is 32.0. The highest BCUT2D eigenvalue weighted by Gasteiger charge is 2.11. The molecule has 0 saturated heterocycles. The lowest BCUT2D eigenvalue weighted by molar-refractivity contribution is 0.386. The Morgan fingerprint density at radius 3 is 2.50 bits per heavy atom. The van der Waals surface area contributed by atoms with Crippen molar-refractivity contribution < 1.29 is 13.5 Å². The topological polar surface area (TPSA) is 21.3 Å². The second kappa shape index (κ2) is 5.90. The molecule has 1 N–H and O–H groups in total. The van der Waals surface area contributed by atoms with E-state index >= 15 is 0 Å². The van der Waals surface area contributed by atoms with E-state index < -0.39 is 5.82 Å². The van der Waals surface area contributed by atoms with Crippen LogP contribution in [0.1, 0.15) is 24.1 Å². The first-order valence-electron chi connectivity index (χ1n) is 6.38. The first-order chi connectivity index (χ1) is 9.52. The molecule has 4 heteroatoms. The highest BCUT2D eigenvalue weighted by Crippen LogP contribution is 2.26. The van der Waals surface area contributed by atoms with Crippen molar-refractivity contribution in [1.29, 1.82) is 0 Å². The maximum atomic E-state index is 13.7. The van der Waals surface area contributed by atoms with E-state index in [0.29, 0.717) is 11.3 Å². The molecular weight excluding hydrogens is 260 g/mol. The van der Waals surface area contributed by atoms with Gasteiger partial charge in [0.1, 0.15) is 5.82 Å². The number of rotatable bonds is 4. The molecular formula is C16H17F2NO. The lowest BCUT2D eigenvalue weighted by Gasteiger charge is -2.18. The van der Waals surface area contributed by atoms with Crippen molar-refractivity contribution in [3.8, 4) is 5.75 Å². The molecule has 0 amide bonds. The van der Waals surface area contributed by atoms with Crippen molar-refractivity contribution in [2.24, 2.45) is 0 Å². The fourth-order valence-corrected chi connectivity index (χ4v) is 2.03. The van der Waals surface area contributed by atoms with Gasteiger partial charge in [-0.05, 0) is 43.7 Å². The number of methoxy groups -OCH3 is 1. The van der Waals surface area contributed by atoms with Crippen molar-refractivity contribution >= 4 is 5.69 Å². The first-order valence-corrected chi connectivity index (χ1v) is 6.38. The van der Waals surface area contributed by atoms with Crippen LogP contribution >= 0.6 is 0 Å². The molecule has 0 bridgehead atoms. The number of hydrogen-bond donors (Lipinski definition) is 1. The highest BCUT2D eigenvalue weighted by molar-refractivity contribution is 5.52. The highest BCUT2D eigenvalue weighted by atomic mass is 19.1. The molecule has 0 aromatic heterocycles. The van der Waals surface area contributed by atoms with Crippen molar-refractivity contribution in [1.82, 2.24) is 0 Å². The zero-order chi connectivity index (χ0) is 14.7. The zero-order valence-corrected chi connectivity index (χ0v) is 11.7. The molecule has 20 heavy (non-hydrogen) atoms. The van der Waals surface area contributed by atoms with E-state index in [1.54, 1.807) is 31.2 Å². The molecule has 2 rings (SSSR count). The van der Waals surface area contributed by atoms with Crippen LogP contribution < -0.4 is 10.1 Å². The molecule has 0 aliphatic heterocycles. The largest absolute Gasteiger partial charge is 0.494 e. The Morgan fingerprint density at radius 2 is 1.85 bits per heavy atom. The Hall–Kier alpha value is -2.10. The zero-order valence-electron chi connectivity index (χ0n) is 11.7. The fourth-order valence-electron chi connectivity index (χ4n) is 2.03. The van der Waals surface area contributed by atoms with Crippen LogP contribution in [0.25, 0.3) is 0 Å². The van der Waals surface area contributed by atoms with Crippen molar-refractivity contribution in [3.05, 3.63) is 59.2 Å². The molecule has 0 aliphatic rings. The summed E-state index contributed by atoms with van der Waals surface area (Å²) in [5.41, 5.74) is 2.02. The molecule has 0 heterocycles. The van der Waals surface area contributed by atoms with Gasteiger partial charge in [0.2, 0.25) is 0 Å². The number of halogens is 2. The quantitative estimate of drug-likeness (QED) is 0.891. The summed E-state index contributed by atoms with van der Waals surface area (Å²) in [5.74, 6) is -0.458. The normalized spacial score (nSPS) is 12.1. The van der Waals surface area contributed by atoms with Gasteiger partial charge in [-0.1, -0.05) is 12.1 Å². The molecule has 2 aromatic carbocycles. The Kier molecular flexibility index (Phi) is 4.23. The summed E-state index contributed by atoms with van der Waals surface area (Å²) in [7, 11) is 1.43. The predicted molar refractivity (Wildman–Crippen MR) is 76.1 cm³/mol. The average molecular weight is 277 g/mol. The van der Waals surface area contributed by atoms with E-state index in [1.807, 2.05) is 6.92 Å². The summed E-state index contributed by atoms with van der Waals surface area (Å²) >= 11 is 0. The minimum absolute atomic E-state index is 0.143. The molecule has 1 atom stereocenters. The smallest absolute Gasteiger partial charge is 0.165 e. The summed E-state index contributed by atoms with van der Waals surface area (Å²) in [6.45, 7) is 3.60. The number of ether oxygens (including phenoxy) is 1. The van der Waals surface area contributed by atoms with Gasteiger partial charge in [0.25, 0.3) is 0 Å². The van der Waals surface area contributed by atoms with E-state index in [9.17, 15) is 8.78 Å². The van der Waals surface area contributed by atoms with E-state index in [1.165, 1.54) is 19.2 Å². The maximum Gasteiger partial charge on any atom is 0.165 e. The standard InChI is InChI=1S/C16H17F2NO/c1-10-13(17)5-4-6-15(10)19-11(2)12-7-8-16(20-3)14(18)9-12/h4-9,11,19H,1-3H3. The molecule has 106 valence electrons. The minimum Gasteiger partial charge on any atom is -0.494 e. The van der Waals surface area contributed by atoms with Gasteiger partial charge >= 0.3 is 0 Å². The van der Waals surface area contributed by atoms with Crippen LogP contribution in [0.2, 0.25) is 0 Å². The van der Waals surface area contributed by atoms with Gasteiger partial charge in [-0.3, -0.25) is 0 Å². The summed E-state index contributed by atoms with van der Waals surface area (Å²) in [6.07, 6.45) is 0. The van der Waals surface area contributed by atoms with Gasteiger partial charge in [0, 0.05) is 17.3 Å². The van der Waals surface area contributed by atoms with Crippen molar-refractivity contribution in [2.45, 2.75) is 19.9 Å². The Morgan fingerprint density at radius 1 is 1.10 bits per heavy atom. The predicted octanol–water partition coefficient (Wildman–Crippen LogP) is 4.45. The minimum atomic E-state index is -0.408. The van der Waals surface area contributed by atoms with Gasteiger partial charge in [0.15, 0.2) is 11.6 Å². The third-order valence-corrected chi connectivity index (χ3v) is 3.32. The summed E-state index contributed by atoms with van der Waals surface area (Å²) in [5, 5.41) is 3.18. The fraction of sp³-hybridized carbons (Fsp3) is 0.250. The van der Waals surface area contributed by atoms with E-state index in [4.69, 9.17) is 4.74 Å². The van der Waals surface area contributed by atoms with Crippen LogP contribution in [-0.4, -0.2) is 7.11 Å². The second-order valence-corrected chi connectivity index (χ2v) is 4.67. The van der Waals surface area contributed by atoms with Crippen LogP contribution in [0, 0.1) is 18.6 Å². The Balaban J connectivity index is 2.21. The monoisotopic (exact) mass is 277 g/mol. The summed E-state index contributed by atoms with van der Waals surface area (Å²) in [6, 6.07) is 9.51. The van der Waals surface area contributed by atoms with E-state index in [0.717, 1.165) is 5.56 Å². The number of anilines is 1. The molecule has 0 saturated carbocycles.